The van der Waals surface area contributed by atoms with Crippen molar-refractivity contribution in [3.63, 3.8) is 0 Å². The summed E-state index contributed by atoms with van der Waals surface area (Å²) in [5.41, 5.74) is 1.98. The third-order valence-corrected chi connectivity index (χ3v) is 4.29. The molecule has 0 aliphatic rings. The van der Waals surface area contributed by atoms with E-state index in [1.54, 1.807) is 30.7 Å². The number of thioether (sulfide) groups is 1. The number of nitrogens with one attached hydrogen (secondary N) is 1. The largest absolute Gasteiger partial charge is 0.301 e. The van der Waals surface area contributed by atoms with Crippen molar-refractivity contribution < 1.29 is 4.79 Å². The van der Waals surface area contributed by atoms with Crippen molar-refractivity contribution in [2.45, 2.75) is 11.6 Å². The third kappa shape index (κ3) is 4.17. The van der Waals surface area contributed by atoms with Gasteiger partial charge in [0.05, 0.1) is 5.75 Å². The molecule has 0 bridgehead atoms. The number of carbonyl (C=O) groups excluding carboxylic acids is 1. The van der Waals surface area contributed by atoms with E-state index in [-0.39, 0.29) is 17.1 Å². The van der Waals surface area contributed by atoms with Crippen LogP contribution in [0.2, 0.25) is 0 Å². The fourth-order valence-corrected chi connectivity index (χ4v) is 2.89. The van der Waals surface area contributed by atoms with E-state index < -0.39 is 0 Å². The van der Waals surface area contributed by atoms with Crippen molar-refractivity contribution in [1.29, 1.82) is 0 Å². The Morgan fingerprint density at radius 1 is 1.08 bits per heavy atom. The highest BCUT2D eigenvalue weighted by molar-refractivity contribution is 7.99. The van der Waals surface area contributed by atoms with Gasteiger partial charge in [-0.05, 0) is 11.6 Å². The van der Waals surface area contributed by atoms with Gasteiger partial charge in [0.25, 0.3) is 5.56 Å². The van der Waals surface area contributed by atoms with Crippen LogP contribution in [-0.2, 0) is 6.42 Å². The zero-order chi connectivity index (χ0) is 16.8. The van der Waals surface area contributed by atoms with E-state index in [1.807, 2.05) is 30.3 Å². The molecule has 1 N–H and O–H groups in total. The molecular weight excluding hydrogens is 322 g/mol. The lowest BCUT2D eigenvalue weighted by Crippen LogP contribution is -2.15. The first kappa shape index (κ1) is 16.1. The van der Waals surface area contributed by atoms with Crippen LogP contribution in [0.1, 0.15) is 21.5 Å². The zero-order valence-corrected chi connectivity index (χ0v) is 13.6. The molecule has 0 unspecified atom stereocenters. The number of pyridine rings is 1. The molecule has 0 radical (unpaired) electrons. The minimum atomic E-state index is -0.191. The summed E-state index contributed by atoms with van der Waals surface area (Å²) >= 11 is 1.22. The Hall–Kier alpha value is -2.73. The summed E-state index contributed by atoms with van der Waals surface area (Å²) in [4.78, 5) is 35.2. The molecule has 24 heavy (non-hydrogen) atoms. The van der Waals surface area contributed by atoms with E-state index in [4.69, 9.17) is 0 Å². The first-order valence-corrected chi connectivity index (χ1v) is 8.39. The second-order valence-electron chi connectivity index (χ2n) is 5.16. The number of carbonyl (C=O) groups is 1. The van der Waals surface area contributed by atoms with E-state index in [1.165, 1.54) is 11.8 Å². The van der Waals surface area contributed by atoms with Crippen LogP contribution in [0.15, 0.2) is 71.0 Å². The van der Waals surface area contributed by atoms with Crippen LogP contribution >= 0.6 is 11.8 Å². The minimum Gasteiger partial charge on any atom is -0.301 e. The molecule has 1 aromatic carbocycles. The Labute approximate surface area is 143 Å². The van der Waals surface area contributed by atoms with E-state index in [2.05, 4.69) is 15.0 Å². The summed E-state index contributed by atoms with van der Waals surface area (Å²) in [6.07, 6.45) is 5.45. The molecule has 3 rings (SSSR count). The van der Waals surface area contributed by atoms with Gasteiger partial charge >= 0.3 is 0 Å². The van der Waals surface area contributed by atoms with Crippen LogP contribution in [0.25, 0.3) is 0 Å². The monoisotopic (exact) mass is 337 g/mol. The van der Waals surface area contributed by atoms with Gasteiger partial charge in [-0.2, -0.15) is 0 Å². The Kier molecular flexibility index (Phi) is 5.18. The van der Waals surface area contributed by atoms with E-state index in [0.29, 0.717) is 22.7 Å². The number of hydrogen-bond donors (Lipinski definition) is 1. The first-order valence-electron chi connectivity index (χ1n) is 7.40. The van der Waals surface area contributed by atoms with Gasteiger partial charge in [-0.15, -0.1) is 0 Å². The lowest BCUT2D eigenvalue weighted by atomic mass is 10.1. The van der Waals surface area contributed by atoms with Crippen molar-refractivity contribution >= 4 is 17.5 Å². The van der Waals surface area contributed by atoms with Gasteiger partial charge < -0.3 is 4.98 Å². The molecule has 0 spiro atoms. The maximum atomic E-state index is 12.1. The van der Waals surface area contributed by atoms with E-state index in [9.17, 15) is 9.59 Å². The average Bonchev–Trinajstić information content (AvgIpc) is 2.63. The predicted molar refractivity (Wildman–Crippen MR) is 93.4 cm³/mol. The summed E-state index contributed by atoms with van der Waals surface area (Å²) in [6, 6.07) is 12.8. The summed E-state index contributed by atoms with van der Waals surface area (Å²) in [5, 5.41) is 0.444. The molecule has 2 heterocycles. The number of aromatic amines is 1. The summed E-state index contributed by atoms with van der Waals surface area (Å²) in [5.74, 6) is 0.234. The number of ketones is 1. The molecule has 6 heteroatoms. The van der Waals surface area contributed by atoms with Gasteiger partial charge in [0.15, 0.2) is 10.9 Å². The van der Waals surface area contributed by atoms with Crippen LogP contribution in [0.5, 0.6) is 0 Å². The van der Waals surface area contributed by atoms with Crippen molar-refractivity contribution in [1.82, 2.24) is 15.0 Å². The SMILES string of the molecule is O=C(CSc1ncc(Cc2cccnc2)c(=O)[nH]1)c1ccccc1. The van der Waals surface area contributed by atoms with Crippen LogP contribution < -0.4 is 5.56 Å². The first-order chi connectivity index (χ1) is 11.7. The van der Waals surface area contributed by atoms with Crippen molar-refractivity contribution in [3.8, 4) is 0 Å². The number of nitrogens with zero attached hydrogens (tertiary/aromatic N) is 2. The number of hydrogen-bond acceptors (Lipinski definition) is 5. The Morgan fingerprint density at radius 2 is 1.92 bits per heavy atom. The Morgan fingerprint density at radius 3 is 2.62 bits per heavy atom. The molecule has 3 aromatic rings. The Bertz CT molecular complexity index is 880. The average molecular weight is 337 g/mol. The molecule has 0 saturated heterocycles. The van der Waals surface area contributed by atoms with Gasteiger partial charge in [0.1, 0.15) is 0 Å². The predicted octanol–water partition coefficient (Wildman–Crippen LogP) is 2.73. The molecule has 2 aromatic heterocycles. The number of rotatable bonds is 6. The van der Waals surface area contributed by atoms with Crippen molar-refractivity contribution in [2.24, 2.45) is 0 Å². The molecular formula is C18H15N3O2S. The molecule has 120 valence electrons. The minimum absolute atomic E-state index is 0.00249. The van der Waals surface area contributed by atoms with Crippen LogP contribution in [0.4, 0.5) is 0 Å². The quantitative estimate of drug-likeness (QED) is 0.425. The van der Waals surface area contributed by atoms with Gasteiger partial charge in [-0.25, -0.2) is 4.98 Å². The highest BCUT2D eigenvalue weighted by Gasteiger charge is 2.09. The number of H-pyrrole nitrogens is 1. The molecule has 0 saturated carbocycles. The molecule has 5 nitrogen and oxygen atoms in total. The van der Waals surface area contributed by atoms with Crippen LogP contribution in [0.3, 0.4) is 0 Å². The normalized spacial score (nSPS) is 10.5. The van der Waals surface area contributed by atoms with Crippen molar-refractivity contribution in [2.75, 3.05) is 5.75 Å². The standard InChI is InChI=1S/C18H15N3O2S/c22-16(14-6-2-1-3-7-14)12-24-18-20-11-15(17(23)21-18)9-13-5-4-8-19-10-13/h1-8,10-11H,9,12H2,(H,20,21,23). The molecule has 0 aliphatic heterocycles. The number of benzene rings is 1. The van der Waals surface area contributed by atoms with Gasteiger partial charge in [-0.1, -0.05) is 48.2 Å². The maximum absolute atomic E-state index is 12.1. The fraction of sp³-hybridized carbons (Fsp3) is 0.111. The summed E-state index contributed by atoms with van der Waals surface area (Å²) in [6.45, 7) is 0. The molecule has 0 fully saturated rings. The Balaban J connectivity index is 1.65. The highest BCUT2D eigenvalue weighted by Crippen LogP contribution is 2.14. The fourth-order valence-electron chi connectivity index (χ4n) is 2.17. The van der Waals surface area contributed by atoms with Gasteiger partial charge in [-0.3, -0.25) is 14.6 Å². The number of Topliss-reactive ketones (excluding diaryl/α,β-unsaturated/α-hetero) is 1. The summed E-state index contributed by atoms with van der Waals surface area (Å²) in [7, 11) is 0. The van der Waals surface area contributed by atoms with Gasteiger partial charge in [0, 0.05) is 36.1 Å². The van der Waals surface area contributed by atoms with Crippen LogP contribution in [-0.4, -0.2) is 26.5 Å². The smallest absolute Gasteiger partial charge is 0.255 e. The molecule has 0 amide bonds. The van der Waals surface area contributed by atoms with Crippen LogP contribution in [0, 0.1) is 0 Å². The lowest BCUT2D eigenvalue weighted by molar-refractivity contribution is 0.102. The highest BCUT2D eigenvalue weighted by atomic mass is 32.2. The van der Waals surface area contributed by atoms with Crippen molar-refractivity contribution in [3.05, 3.63) is 88.1 Å². The zero-order valence-electron chi connectivity index (χ0n) is 12.8. The van der Waals surface area contributed by atoms with E-state index >= 15 is 0 Å². The molecule has 0 aliphatic carbocycles. The lowest BCUT2D eigenvalue weighted by Gasteiger charge is -2.03. The second kappa shape index (κ2) is 7.70. The third-order valence-electron chi connectivity index (χ3n) is 3.40. The molecule has 0 atom stereocenters. The topological polar surface area (TPSA) is 75.7 Å². The summed E-state index contributed by atoms with van der Waals surface area (Å²) < 4.78 is 0. The van der Waals surface area contributed by atoms with E-state index in [0.717, 1.165) is 5.56 Å². The second-order valence-corrected chi connectivity index (χ2v) is 6.12. The maximum Gasteiger partial charge on any atom is 0.255 e. The van der Waals surface area contributed by atoms with Gasteiger partial charge in [0.2, 0.25) is 0 Å². The number of aromatic nitrogens is 3.